The summed E-state index contributed by atoms with van der Waals surface area (Å²) >= 11 is 3.46. The summed E-state index contributed by atoms with van der Waals surface area (Å²) in [5, 5.41) is 6.20. The zero-order valence-corrected chi connectivity index (χ0v) is 15.0. The molecule has 1 rings (SSSR count). The molecule has 118 valence electrons. The molecule has 1 unspecified atom stereocenters. The molecule has 4 nitrogen and oxygen atoms in total. The van der Waals surface area contributed by atoms with Gasteiger partial charge in [0.05, 0.1) is 0 Å². The SMILES string of the molecule is CCNCc1cc(Br)ccc1OC(C)C(=O)NC(C)(C)C. The van der Waals surface area contributed by atoms with Gasteiger partial charge in [0.1, 0.15) is 5.75 Å². The molecule has 1 atom stereocenters. The van der Waals surface area contributed by atoms with Crippen LogP contribution >= 0.6 is 15.9 Å². The molecule has 0 saturated carbocycles. The summed E-state index contributed by atoms with van der Waals surface area (Å²) in [4.78, 5) is 12.1. The topological polar surface area (TPSA) is 50.4 Å². The van der Waals surface area contributed by atoms with Crippen molar-refractivity contribution in [2.24, 2.45) is 0 Å². The van der Waals surface area contributed by atoms with Crippen LogP contribution in [0.3, 0.4) is 0 Å². The first-order valence-corrected chi connectivity index (χ1v) is 8.00. The van der Waals surface area contributed by atoms with E-state index in [4.69, 9.17) is 4.74 Å². The fourth-order valence-electron chi connectivity index (χ4n) is 1.78. The number of rotatable bonds is 6. The van der Waals surface area contributed by atoms with E-state index in [0.29, 0.717) is 6.54 Å². The third-order valence-electron chi connectivity index (χ3n) is 2.76. The third-order valence-corrected chi connectivity index (χ3v) is 3.25. The fourth-order valence-corrected chi connectivity index (χ4v) is 2.18. The number of nitrogens with one attached hydrogen (secondary N) is 2. The van der Waals surface area contributed by atoms with E-state index < -0.39 is 6.10 Å². The summed E-state index contributed by atoms with van der Waals surface area (Å²) < 4.78 is 6.83. The maximum atomic E-state index is 12.1. The fraction of sp³-hybridized carbons (Fsp3) is 0.562. The van der Waals surface area contributed by atoms with Gasteiger partial charge >= 0.3 is 0 Å². The van der Waals surface area contributed by atoms with Gasteiger partial charge in [0.2, 0.25) is 0 Å². The minimum absolute atomic E-state index is 0.111. The Morgan fingerprint density at radius 1 is 1.38 bits per heavy atom. The van der Waals surface area contributed by atoms with Crippen molar-refractivity contribution in [3.8, 4) is 5.75 Å². The van der Waals surface area contributed by atoms with Crippen LogP contribution in [-0.4, -0.2) is 24.1 Å². The molecular weight excluding hydrogens is 332 g/mol. The minimum Gasteiger partial charge on any atom is -0.481 e. The average molecular weight is 357 g/mol. The smallest absolute Gasteiger partial charge is 0.261 e. The second-order valence-electron chi connectivity index (χ2n) is 6.03. The average Bonchev–Trinajstić information content (AvgIpc) is 2.36. The number of halogens is 1. The first-order valence-electron chi connectivity index (χ1n) is 7.20. The first-order chi connectivity index (χ1) is 9.73. The van der Waals surface area contributed by atoms with E-state index >= 15 is 0 Å². The van der Waals surface area contributed by atoms with Crippen molar-refractivity contribution in [3.63, 3.8) is 0 Å². The van der Waals surface area contributed by atoms with E-state index in [9.17, 15) is 4.79 Å². The Morgan fingerprint density at radius 2 is 2.05 bits per heavy atom. The van der Waals surface area contributed by atoms with Crippen LogP contribution in [0.4, 0.5) is 0 Å². The zero-order chi connectivity index (χ0) is 16.0. The molecule has 1 aromatic rings. The van der Waals surface area contributed by atoms with Gasteiger partial charge in [0.15, 0.2) is 6.10 Å². The van der Waals surface area contributed by atoms with E-state index in [0.717, 1.165) is 22.3 Å². The molecule has 0 spiro atoms. The highest BCUT2D eigenvalue weighted by atomic mass is 79.9. The zero-order valence-electron chi connectivity index (χ0n) is 13.4. The molecule has 0 aromatic heterocycles. The largest absolute Gasteiger partial charge is 0.481 e. The van der Waals surface area contributed by atoms with Gasteiger partial charge in [0.25, 0.3) is 5.91 Å². The lowest BCUT2D eigenvalue weighted by atomic mass is 10.1. The predicted molar refractivity (Wildman–Crippen MR) is 89.5 cm³/mol. The Bertz CT molecular complexity index is 484. The molecule has 0 saturated heterocycles. The van der Waals surface area contributed by atoms with Gasteiger partial charge < -0.3 is 15.4 Å². The van der Waals surface area contributed by atoms with Crippen molar-refractivity contribution in [3.05, 3.63) is 28.2 Å². The summed E-state index contributed by atoms with van der Waals surface area (Å²) in [7, 11) is 0. The Hall–Kier alpha value is -1.07. The third kappa shape index (κ3) is 6.48. The molecule has 0 bridgehead atoms. The molecule has 1 aromatic carbocycles. The van der Waals surface area contributed by atoms with Crippen LogP contribution in [0.2, 0.25) is 0 Å². The van der Waals surface area contributed by atoms with E-state index in [1.165, 1.54) is 0 Å². The summed E-state index contributed by atoms with van der Waals surface area (Å²) in [5.74, 6) is 0.621. The minimum atomic E-state index is -0.536. The molecule has 0 aliphatic heterocycles. The molecule has 0 aliphatic rings. The lowest BCUT2D eigenvalue weighted by Gasteiger charge is -2.24. The lowest BCUT2D eigenvalue weighted by molar-refractivity contribution is -0.128. The van der Waals surface area contributed by atoms with Gasteiger partial charge in [-0.05, 0) is 52.4 Å². The van der Waals surface area contributed by atoms with Crippen molar-refractivity contribution < 1.29 is 9.53 Å². The number of carbonyl (C=O) groups is 1. The standard InChI is InChI=1S/C16H25BrN2O2/c1-6-18-10-12-9-13(17)7-8-14(12)21-11(2)15(20)19-16(3,4)5/h7-9,11,18H,6,10H2,1-5H3,(H,19,20). The number of hydrogen-bond acceptors (Lipinski definition) is 3. The Morgan fingerprint density at radius 3 is 2.62 bits per heavy atom. The summed E-state index contributed by atoms with van der Waals surface area (Å²) in [5.41, 5.74) is 0.766. The normalized spacial score (nSPS) is 12.9. The van der Waals surface area contributed by atoms with Crippen LogP contribution in [-0.2, 0) is 11.3 Å². The van der Waals surface area contributed by atoms with E-state index in [1.54, 1.807) is 6.92 Å². The molecule has 0 fully saturated rings. The second-order valence-corrected chi connectivity index (χ2v) is 6.95. The lowest BCUT2D eigenvalue weighted by Crippen LogP contribution is -2.46. The van der Waals surface area contributed by atoms with Gasteiger partial charge in [0, 0.05) is 22.1 Å². The van der Waals surface area contributed by atoms with Crippen LogP contribution in [0.5, 0.6) is 5.75 Å². The summed E-state index contributed by atoms with van der Waals surface area (Å²) in [6, 6.07) is 5.81. The molecule has 0 radical (unpaired) electrons. The van der Waals surface area contributed by atoms with Crippen LogP contribution < -0.4 is 15.4 Å². The Kier molecular flexibility index (Phi) is 6.68. The predicted octanol–water partition coefficient (Wildman–Crippen LogP) is 3.24. The van der Waals surface area contributed by atoms with Crippen LogP contribution in [0.25, 0.3) is 0 Å². The molecule has 5 heteroatoms. The highest BCUT2D eigenvalue weighted by molar-refractivity contribution is 9.10. The van der Waals surface area contributed by atoms with Gasteiger partial charge in [-0.15, -0.1) is 0 Å². The second kappa shape index (κ2) is 7.80. The van der Waals surface area contributed by atoms with E-state index in [-0.39, 0.29) is 11.4 Å². The van der Waals surface area contributed by atoms with Crippen LogP contribution in [0.1, 0.15) is 40.2 Å². The van der Waals surface area contributed by atoms with Gasteiger partial charge in [-0.3, -0.25) is 4.79 Å². The molecular formula is C16H25BrN2O2. The molecule has 21 heavy (non-hydrogen) atoms. The molecule has 1 amide bonds. The van der Waals surface area contributed by atoms with Crippen molar-refractivity contribution >= 4 is 21.8 Å². The summed E-state index contributed by atoms with van der Waals surface area (Å²) in [6.07, 6.45) is -0.536. The Labute approximate surface area is 135 Å². The van der Waals surface area contributed by atoms with Crippen LogP contribution in [0.15, 0.2) is 22.7 Å². The number of benzene rings is 1. The van der Waals surface area contributed by atoms with Crippen molar-refractivity contribution in [1.29, 1.82) is 0 Å². The van der Waals surface area contributed by atoms with Gasteiger partial charge in [-0.1, -0.05) is 22.9 Å². The highest BCUT2D eigenvalue weighted by Gasteiger charge is 2.21. The maximum Gasteiger partial charge on any atom is 0.261 e. The molecule has 0 heterocycles. The van der Waals surface area contributed by atoms with E-state index in [2.05, 4.69) is 33.5 Å². The quantitative estimate of drug-likeness (QED) is 0.822. The van der Waals surface area contributed by atoms with Crippen molar-refractivity contribution in [2.75, 3.05) is 6.54 Å². The summed E-state index contributed by atoms with van der Waals surface area (Å²) in [6.45, 7) is 11.3. The maximum absolute atomic E-state index is 12.1. The van der Waals surface area contributed by atoms with E-state index in [1.807, 2.05) is 39.0 Å². The number of ether oxygens (including phenoxy) is 1. The van der Waals surface area contributed by atoms with Crippen LogP contribution in [0, 0.1) is 0 Å². The first kappa shape index (κ1) is 18.0. The number of carbonyl (C=O) groups excluding carboxylic acids is 1. The Balaban J connectivity index is 2.79. The molecule has 2 N–H and O–H groups in total. The van der Waals surface area contributed by atoms with Crippen molar-refractivity contribution in [1.82, 2.24) is 10.6 Å². The van der Waals surface area contributed by atoms with Gasteiger partial charge in [-0.2, -0.15) is 0 Å². The van der Waals surface area contributed by atoms with Gasteiger partial charge in [-0.25, -0.2) is 0 Å². The van der Waals surface area contributed by atoms with Crippen molar-refractivity contribution in [2.45, 2.75) is 52.8 Å². The highest BCUT2D eigenvalue weighted by Crippen LogP contribution is 2.24. The number of hydrogen-bond donors (Lipinski definition) is 2. The number of amides is 1. The molecule has 0 aliphatic carbocycles. The monoisotopic (exact) mass is 356 g/mol.